The van der Waals surface area contributed by atoms with Crippen LogP contribution in [0.5, 0.6) is 11.5 Å². The number of hydrogen-bond acceptors (Lipinski definition) is 5. The topological polar surface area (TPSA) is 70.5 Å². The maximum atomic E-state index is 6.07. The summed E-state index contributed by atoms with van der Waals surface area (Å²) in [5, 5.41) is 0. The number of fused-ring (bicyclic) bond motifs is 1. The van der Waals surface area contributed by atoms with E-state index < -0.39 is 0 Å². The predicted octanol–water partition coefficient (Wildman–Crippen LogP) is 3.86. The van der Waals surface area contributed by atoms with Crippen molar-refractivity contribution in [1.82, 2.24) is 4.98 Å². The van der Waals surface area contributed by atoms with E-state index in [9.17, 15) is 0 Å². The van der Waals surface area contributed by atoms with Gasteiger partial charge in [0.2, 0.25) is 5.89 Å². The van der Waals surface area contributed by atoms with Crippen LogP contribution in [0.2, 0.25) is 0 Å². The molecule has 0 aliphatic carbocycles. The van der Waals surface area contributed by atoms with Gasteiger partial charge in [0, 0.05) is 11.8 Å². The molecule has 0 radical (unpaired) electrons. The second-order valence-electron chi connectivity index (χ2n) is 4.40. The van der Waals surface area contributed by atoms with Crippen LogP contribution in [0.3, 0.4) is 0 Å². The molecule has 21 heavy (non-hydrogen) atoms. The summed E-state index contributed by atoms with van der Waals surface area (Å²) in [4.78, 5) is 4.46. The number of halogens is 1. The summed E-state index contributed by atoms with van der Waals surface area (Å²) < 4.78 is 17.2. The summed E-state index contributed by atoms with van der Waals surface area (Å²) in [6.45, 7) is 0. The number of aromatic nitrogens is 1. The van der Waals surface area contributed by atoms with Crippen LogP contribution in [0.15, 0.2) is 39.2 Å². The molecule has 3 rings (SSSR count). The molecular weight excluding hydrogens is 336 g/mol. The van der Waals surface area contributed by atoms with Gasteiger partial charge >= 0.3 is 0 Å². The van der Waals surface area contributed by atoms with Crippen LogP contribution < -0.4 is 15.2 Å². The van der Waals surface area contributed by atoms with Crippen molar-refractivity contribution in [2.24, 2.45) is 0 Å². The normalized spacial score (nSPS) is 10.8. The lowest BCUT2D eigenvalue weighted by Crippen LogP contribution is -1.96. The Morgan fingerprint density at radius 1 is 1.14 bits per heavy atom. The lowest BCUT2D eigenvalue weighted by Gasteiger charge is -2.10. The highest BCUT2D eigenvalue weighted by Crippen LogP contribution is 2.38. The summed E-state index contributed by atoms with van der Waals surface area (Å²) in [5.74, 6) is 1.58. The van der Waals surface area contributed by atoms with Gasteiger partial charge in [-0.15, -0.1) is 0 Å². The van der Waals surface area contributed by atoms with E-state index in [2.05, 4.69) is 20.9 Å². The minimum Gasteiger partial charge on any atom is -0.493 e. The van der Waals surface area contributed by atoms with E-state index in [-0.39, 0.29) is 0 Å². The minimum absolute atomic E-state index is 0.440. The van der Waals surface area contributed by atoms with E-state index in [0.717, 1.165) is 9.99 Å². The number of benzene rings is 2. The van der Waals surface area contributed by atoms with Gasteiger partial charge in [0.1, 0.15) is 5.52 Å². The third kappa shape index (κ3) is 2.31. The van der Waals surface area contributed by atoms with Crippen LogP contribution in [-0.4, -0.2) is 19.2 Å². The average molecular weight is 349 g/mol. The van der Waals surface area contributed by atoms with Crippen molar-refractivity contribution in [2.75, 3.05) is 20.0 Å². The van der Waals surface area contributed by atoms with Crippen molar-refractivity contribution in [3.05, 3.63) is 34.8 Å². The maximum Gasteiger partial charge on any atom is 0.229 e. The van der Waals surface area contributed by atoms with Crippen LogP contribution >= 0.6 is 15.9 Å². The zero-order chi connectivity index (χ0) is 15.0. The second kappa shape index (κ2) is 5.29. The minimum atomic E-state index is 0.440. The summed E-state index contributed by atoms with van der Waals surface area (Å²) >= 11 is 3.44. The van der Waals surface area contributed by atoms with Crippen molar-refractivity contribution in [2.45, 2.75) is 0 Å². The molecule has 2 aromatic carbocycles. The van der Waals surface area contributed by atoms with Gasteiger partial charge in [0.05, 0.1) is 24.3 Å². The lowest BCUT2D eigenvalue weighted by molar-refractivity contribution is 0.355. The fourth-order valence-electron chi connectivity index (χ4n) is 2.11. The number of nitrogens with two attached hydrogens (primary N) is 1. The van der Waals surface area contributed by atoms with Crippen LogP contribution in [-0.2, 0) is 0 Å². The first-order valence-electron chi connectivity index (χ1n) is 6.21. The summed E-state index contributed by atoms with van der Waals surface area (Å²) in [6.07, 6.45) is 0. The SMILES string of the molecule is COc1cc(N)c(-c2nc3cccc(Br)c3o2)cc1OC. The number of anilines is 1. The largest absolute Gasteiger partial charge is 0.493 e. The molecule has 0 bridgehead atoms. The van der Waals surface area contributed by atoms with Gasteiger partial charge in [-0.05, 0) is 34.1 Å². The van der Waals surface area contributed by atoms with Gasteiger partial charge in [-0.1, -0.05) is 6.07 Å². The Morgan fingerprint density at radius 2 is 1.86 bits per heavy atom. The Labute approximate surface area is 129 Å². The predicted molar refractivity (Wildman–Crippen MR) is 84.7 cm³/mol. The Hall–Kier alpha value is -2.21. The van der Waals surface area contributed by atoms with Crippen molar-refractivity contribution < 1.29 is 13.9 Å². The maximum absolute atomic E-state index is 6.07. The molecule has 0 unspecified atom stereocenters. The molecule has 108 valence electrons. The van der Waals surface area contributed by atoms with Gasteiger partial charge in [-0.25, -0.2) is 4.98 Å². The van der Waals surface area contributed by atoms with Gasteiger partial charge in [-0.2, -0.15) is 0 Å². The number of nitrogen functional groups attached to an aromatic ring is 1. The molecule has 0 fully saturated rings. The molecule has 5 nitrogen and oxygen atoms in total. The molecule has 2 N–H and O–H groups in total. The molecule has 1 heterocycles. The van der Waals surface area contributed by atoms with Crippen molar-refractivity contribution in [1.29, 1.82) is 0 Å². The highest BCUT2D eigenvalue weighted by Gasteiger charge is 2.16. The van der Waals surface area contributed by atoms with Gasteiger partial charge < -0.3 is 19.6 Å². The quantitative estimate of drug-likeness (QED) is 0.727. The van der Waals surface area contributed by atoms with Crippen LogP contribution in [0.4, 0.5) is 5.69 Å². The second-order valence-corrected chi connectivity index (χ2v) is 5.26. The molecule has 0 spiro atoms. The van der Waals surface area contributed by atoms with Crippen molar-refractivity contribution in [3.63, 3.8) is 0 Å². The van der Waals surface area contributed by atoms with Gasteiger partial charge in [-0.3, -0.25) is 0 Å². The zero-order valence-corrected chi connectivity index (χ0v) is 13.1. The van der Waals surface area contributed by atoms with Crippen molar-refractivity contribution in [3.8, 4) is 23.0 Å². The number of nitrogens with zero attached hydrogens (tertiary/aromatic N) is 1. The highest BCUT2D eigenvalue weighted by molar-refractivity contribution is 9.10. The first-order chi connectivity index (χ1) is 10.1. The number of oxazole rings is 1. The average Bonchev–Trinajstić information content (AvgIpc) is 2.92. The molecule has 0 amide bonds. The Morgan fingerprint density at radius 3 is 2.52 bits per heavy atom. The van der Waals surface area contributed by atoms with E-state index in [1.54, 1.807) is 26.4 Å². The van der Waals surface area contributed by atoms with Crippen LogP contribution in [0.1, 0.15) is 0 Å². The molecule has 0 aliphatic rings. The molecular formula is C15H13BrN2O3. The van der Waals surface area contributed by atoms with Gasteiger partial charge in [0.15, 0.2) is 17.1 Å². The van der Waals surface area contributed by atoms with E-state index in [4.69, 9.17) is 19.6 Å². The number of ether oxygens (including phenoxy) is 2. The number of para-hydroxylation sites is 1. The summed E-state index contributed by atoms with van der Waals surface area (Å²) in [7, 11) is 3.13. The third-order valence-corrected chi connectivity index (χ3v) is 3.78. The Bertz CT molecular complexity index is 814. The molecule has 6 heteroatoms. The smallest absolute Gasteiger partial charge is 0.229 e. The Balaban J connectivity index is 2.20. The summed E-state index contributed by atoms with van der Waals surface area (Å²) in [6, 6.07) is 9.13. The molecule has 0 atom stereocenters. The number of hydrogen-bond donors (Lipinski definition) is 1. The molecule has 0 saturated heterocycles. The standard InChI is InChI=1S/C15H13BrN2O3/c1-19-12-6-8(10(17)7-13(12)20-2)15-18-11-5-3-4-9(16)14(11)21-15/h3-7H,17H2,1-2H3. The van der Waals surface area contributed by atoms with Gasteiger partial charge in [0.25, 0.3) is 0 Å². The monoisotopic (exact) mass is 348 g/mol. The fourth-order valence-corrected chi connectivity index (χ4v) is 2.55. The first kappa shape index (κ1) is 13.8. The first-order valence-corrected chi connectivity index (χ1v) is 7.00. The number of methoxy groups -OCH3 is 2. The lowest BCUT2D eigenvalue weighted by atomic mass is 10.1. The molecule has 0 aliphatic heterocycles. The van der Waals surface area contributed by atoms with Crippen LogP contribution in [0, 0.1) is 0 Å². The molecule has 0 saturated carbocycles. The Kier molecular flexibility index (Phi) is 3.47. The molecule has 3 aromatic rings. The highest BCUT2D eigenvalue weighted by atomic mass is 79.9. The molecule has 1 aromatic heterocycles. The number of rotatable bonds is 3. The van der Waals surface area contributed by atoms with Crippen molar-refractivity contribution >= 4 is 32.7 Å². The fraction of sp³-hybridized carbons (Fsp3) is 0.133. The van der Waals surface area contributed by atoms with E-state index >= 15 is 0 Å². The zero-order valence-electron chi connectivity index (χ0n) is 11.5. The third-order valence-electron chi connectivity index (χ3n) is 3.15. The summed E-state index contributed by atoms with van der Waals surface area (Å²) in [5.41, 5.74) is 8.68. The van der Waals surface area contributed by atoms with E-state index in [0.29, 0.717) is 34.2 Å². The van der Waals surface area contributed by atoms with Crippen LogP contribution in [0.25, 0.3) is 22.6 Å². The van der Waals surface area contributed by atoms with E-state index in [1.807, 2.05) is 18.2 Å². The van der Waals surface area contributed by atoms with E-state index in [1.165, 1.54) is 0 Å².